The molecule has 2 aromatic rings. The van der Waals surface area contributed by atoms with Crippen LogP contribution in [0, 0.1) is 11.8 Å². The fourth-order valence-electron chi connectivity index (χ4n) is 4.97. The Morgan fingerprint density at radius 3 is 2.80 bits per heavy atom. The monoisotopic (exact) mass is 413 g/mol. The Hall–Kier alpha value is -2.48. The van der Waals surface area contributed by atoms with E-state index in [0.717, 1.165) is 56.6 Å². The van der Waals surface area contributed by atoms with Crippen LogP contribution in [-0.4, -0.2) is 28.4 Å². The van der Waals surface area contributed by atoms with Crippen molar-refractivity contribution in [1.29, 1.82) is 0 Å². The fourth-order valence-corrected chi connectivity index (χ4v) is 4.97. The molecule has 8 nitrogen and oxygen atoms in total. The number of methoxy groups -OCH3 is 1. The molecule has 4 fully saturated rings. The highest BCUT2D eigenvalue weighted by molar-refractivity contribution is 5.89. The molecule has 2 heterocycles. The highest BCUT2D eigenvalue weighted by atomic mass is 16.6. The minimum Gasteiger partial charge on any atom is -0.403 e. The standard InChI is InChI=1S/C22H27N3O5/c1-28-22-9-7-14(8-10-22)16(12-22)25-30-21-23-19(27)18-15(4-2-3-13-5-6-13)11-17(26)29-20(18)24-21/h11,13-14H,2-10,12H2,1H3,(H,23,24,27)/b25-16-. The highest BCUT2D eigenvalue weighted by Gasteiger charge is 2.44. The number of aryl methyl sites for hydroxylation is 1. The van der Waals surface area contributed by atoms with E-state index in [4.69, 9.17) is 14.0 Å². The molecule has 6 rings (SSSR count). The lowest BCUT2D eigenvalue weighted by atomic mass is 9.66. The molecule has 4 saturated carbocycles. The summed E-state index contributed by atoms with van der Waals surface area (Å²) in [7, 11) is 1.75. The molecule has 0 amide bonds. The van der Waals surface area contributed by atoms with E-state index in [-0.39, 0.29) is 22.9 Å². The Bertz CT molecular complexity index is 1090. The van der Waals surface area contributed by atoms with Crippen LogP contribution in [0.1, 0.15) is 63.4 Å². The summed E-state index contributed by atoms with van der Waals surface area (Å²) >= 11 is 0. The number of ether oxygens (including phenoxy) is 1. The first-order valence-electron chi connectivity index (χ1n) is 10.9. The molecule has 2 bridgehead atoms. The first-order chi connectivity index (χ1) is 14.5. The molecule has 4 aliphatic rings. The van der Waals surface area contributed by atoms with Crippen LogP contribution in [0.2, 0.25) is 0 Å². The summed E-state index contributed by atoms with van der Waals surface area (Å²) in [6, 6.07) is 1.33. The SMILES string of the molecule is COC12CCC(CC1)/C(=N\Oc1nc3oc(=O)cc(CCCC4CC4)c3c(=O)[nH]1)C2. The minimum absolute atomic E-state index is 0.00129. The Morgan fingerprint density at radius 1 is 1.27 bits per heavy atom. The summed E-state index contributed by atoms with van der Waals surface area (Å²) in [5, 5.41) is 4.60. The van der Waals surface area contributed by atoms with Gasteiger partial charge in [-0.05, 0) is 50.0 Å². The van der Waals surface area contributed by atoms with Crippen LogP contribution in [0.25, 0.3) is 11.1 Å². The number of rotatable bonds is 7. The first kappa shape index (κ1) is 19.5. The van der Waals surface area contributed by atoms with Gasteiger partial charge in [0.15, 0.2) is 0 Å². The van der Waals surface area contributed by atoms with E-state index in [1.807, 2.05) is 0 Å². The van der Waals surface area contributed by atoms with E-state index in [0.29, 0.717) is 23.3 Å². The molecule has 0 aliphatic heterocycles. The van der Waals surface area contributed by atoms with Gasteiger partial charge >= 0.3 is 11.6 Å². The van der Waals surface area contributed by atoms with Gasteiger partial charge in [0.2, 0.25) is 5.71 Å². The predicted molar refractivity (Wildman–Crippen MR) is 111 cm³/mol. The van der Waals surface area contributed by atoms with Gasteiger partial charge < -0.3 is 14.0 Å². The molecule has 8 heteroatoms. The lowest BCUT2D eigenvalue weighted by Crippen LogP contribution is -2.47. The maximum Gasteiger partial charge on any atom is 0.337 e. The van der Waals surface area contributed by atoms with Crippen LogP contribution in [-0.2, 0) is 11.2 Å². The Kier molecular flexibility index (Phi) is 4.97. The number of aromatic nitrogens is 2. The molecular weight excluding hydrogens is 386 g/mol. The summed E-state index contributed by atoms with van der Waals surface area (Å²) in [5.74, 6) is 1.18. The molecule has 4 aliphatic carbocycles. The van der Waals surface area contributed by atoms with E-state index in [2.05, 4.69) is 15.1 Å². The lowest BCUT2D eigenvalue weighted by molar-refractivity contribution is -0.0517. The van der Waals surface area contributed by atoms with Crippen molar-refractivity contribution in [3.05, 3.63) is 32.4 Å². The van der Waals surface area contributed by atoms with E-state index in [1.54, 1.807) is 7.11 Å². The first-order valence-corrected chi connectivity index (χ1v) is 10.9. The van der Waals surface area contributed by atoms with Crippen LogP contribution >= 0.6 is 0 Å². The minimum atomic E-state index is -0.508. The molecule has 0 unspecified atom stereocenters. The normalized spacial score (nSPS) is 27.1. The van der Waals surface area contributed by atoms with Crippen LogP contribution in [0.5, 0.6) is 6.01 Å². The van der Waals surface area contributed by atoms with Gasteiger partial charge in [0.25, 0.3) is 5.56 Å². The zero-order valence-electron chi connectivity index (χ0n) is 17.2. The molecule has 0 radical (unpaired) electrons. The largest absolute Gasteiger partial charge is 0.403 e. The van der Waals surface area contributed by atoms with Gasteiger partial charge in [0.1, 0.15) is 5.39 Å². The number of H-pyrrole nitrogens is 1. The van der Waals surface area contributed by atoms with E-state index >= 15 is 0 Å². The maximum absolute atomic E-state index is 12.7. The third-order valence-corrected chi connectivity index (χ3v) is 6.98. The van der Waals surface area contributed by atoms with Gasteiger partial charge in [0.05, 0.1) is 11.3 Å². The van der Waals surface area contributed by atoms with Crippen molar-refractivity contribution in [2.75, 3.05) is 7.11 Å². The maximum atomic E-state index is 12.7. The van der Waals surface area contributed by atoms with Crippen molar-refractivity contribution < 1.29 is 14.0 Å². The summed E-state index contributed by atoms with van der Waals surface area (Å²) in [6.07, 6.45) is 10.1. The number of hydrogen-bond donors (Lipinski definition) is 1. The molecule has 0 spiro atoms. The number of oxime groups is 1. The molecule has 1 N–H and O–H groups in total. The molecule has 0 saturated heterocycles. The third kappa shape index (κ3) is 3.80. The van der Waals surface area contributed by atoms with Gasteiger partial charge in [-0.1, -0.05) is 24.4 Å². The number of nitrogens with one attached hydrogen (secondary N) is 1. The Morgan fingerprint density at radius 2 is 2.07 bits per heavy atom. The van der Waals surface area contributed by atoms with Gasteiger partial charge in [-0.15, -0.1) is 0 Å². The van der Waals surface area contributed by atoms with Gasteiger partial charge in [0, 0.05) is 25.5 Å². The molecule has 0 atom stereocenters. The number of aromatic amines is 1. The van der Waals surface area contributed by atoms with Crippen LogP contribution in [0.15, 0.2) is 25.2 Å². The predicted octanol–water partition coefficient (Wildman–Crippen LogP) is 3.32. The van der Waals surface area contributed by atoms with Crippen LogP contribution in [0.3, 0.4) is 0 Å². The average molecular weight is 413 g/mol. The second-order valence-corrected chi connectivity index (χ2v) is 8.99. The van der Waals surface area contributed by atoms with Crippen LogP contribution < -0.4 is 16.0 Å². The molecule has 30 heavy (non-hydrogen) atoms. The zero-order valence-corrected chi connectivity index (χ0v) is 17.2. The second kappa shape index (κ2) is 7.65. The number of nitrogens with zero attached hydrogens (tertiary/aromatic N) is 2. The summed E-state index contributed by atoms with van der Waals surface area (Å²) in [4.78, 5) is 37.0. The van der Waals surface area contributed by atoms with Crippen molar-refractivity contribution in [3.8, 4) is 6.01 Å². The topological polar surface area (TPSA) is 107 Å². The van der Waals surface area contributed by atoms with Crippen molar-refractivity contribution in [2.24, 2.45) is 17.0 Å². The van der Waals surface area contributed by atoms with Crippen molar-refractivity contribution >= 4 is 16.8 Å². The fraction of sp³-hybridized carbons (Fsp3) is 0.636. The lowest BCUT2D eigenvalue weighted by Gasteiger charge is -2.45. The average Bonchev–Trinajstić information content (AvgIpc) is 3.57. The Balaban J connectivity index is 1.39. The quantitative estimate of drug-likeness (QED) is 0.698. The van der Waals surface area contributed by atoms with Crippen LogP contribution in [0.4, 0.5) is 0 Å². The Labute approximate surface area is 173 Å². The molecule has 160 valence electrons. The summed E-state index contributed by atoms with van der Waals surface area (Å²) in [6.45, 7) is 0. The van der Waals surface area contributed by atoms with E-state index < -0.39 is 5.63 Å². The van der Waals surface area contributed by atoms with Crippen molar-refractivity contribution in [3.63, 3.8) is 0 Å². The zero-order chi connectivity index (χ0) is 20.7. The molecule has 2 aromatic heterocycles. The van der Waals surface area contributed by atoms with E-state index in [1.165, 1.54) is 18.9 Å². The molecule has 0 aromatic carbocycles. The summed E-state index contributed by atoms with van der Waals surface area (Å²) in [5.41, 5.74) is 0.585. The highest BCUT2D eigenvalue weighted by Crippen LogP contribution is 2.44. The van der Waals surface area contributed by atoms with Gasteiger partial charge in [-0.25, -0.2) is 4.79 Å². The van der Waals surface area contributed by atoms with Gasteiger partial charge in [-0.2, -0.15) is 4.98 Å². The smallest absolute Gasteiger partial charge is 0.337 e. The third-order valence-electron chi connectivity index (χ3n) is 6.98. The number of hydrogen-bond acceptors (Lipinski definition) is 7. The molecular formula is C22H27N3O5. The van der Waals surface area contributed by atoms with Crippen molar-refractivity contribution in [1.82, 2.24) is 9.97 Å². The number of fused-ring (bicyclic) bond motifs is 4. The van der Waals surface area contributed by atoms with Crippen molar-refractivity contribution in [2.45, 2.75) is 69.8 Å². The van der Waals surface area contributed by atoms with Gasteiger partial charge in [-0.3, -0.25) is 9.78 Å². The second-order valence-electron chi connectivity index (χ2n) is 8.99. The van der Waals surface area contributed by atoms with E-state index in [9.17, 15) is 9.59 Å². The summed E-state index contributed by atoms with van der Waals surface area (Å²) < 4.78 is 10.9.